The predicted molar refractivity (Wildman–Crippen MR) is 110 cm³/mol. The lowest BCUT2D eigenvalue weighted by Crippen LogP contribution is -2.30. The Morgan fingerprint density at radius 1 is 1.10 bits per heavy atom. The molecule has 0 saturated heterocycles. The van der Waals surface area contributed by atoms with Crippen LogP contribution in [0.1, 0.15) is 27.6 Å². The zero-order chi connectivity index (χ0) is 21.3. The van der Waals surface area contributed by atoms with Gasteiger partial charge < -0.3 is 19.5 Å². The molecule has 0 aliphatic carbocycles. The van der Waals surface area contributed by atoms with Gasteiger partial charge in [0.15, 0.2) is 5.82 Å². The minimum Gasteiger partial charge on any atom is -0.497 e. The van der Waals surface area contributed by atoms with E-state index in [9.17, 15) is 9.59 Å². The first kappa shape index (κ1) is 21.0. The van der Waals surface area contributed by atoms with E-state index in [2.05, 4.69) is 15.5 Å². The number of carbonyl (C=O) groups is 2. The molecule has 3 rings (SSSR count). The van der Waals surface area contributed by atoms with E-state index in [-0.39, 0.29) is 18.2 Å². The first-order valence-corrected chi connectivity index (χ1v) is 9.57. The molecule has 3 aromatic rings. The average molecular weight is 408 g/mol. The molecule has 8 heteroatoms. The summed E-state index contributed by atoms with van der Waals surface area (Å²) in [5, 5.41) is 6.57. The minimum absolute atomic E-state index is 0.0347. The van der Waals surface area contributed by atoms with Gasteiger partial charge in [0, 0.05) is 26.6 Å². The molecule has 0 aliphatic heterocycles. The fraction of sp³-hybridized carbons (Fsp3) is 0.273. The number of benzene rings is 2. The van der Waals surface area contributed by atoms with Gasteiger partial charge in [-0.2, -0.15) is 4.98 Å². The van der Waals surface area contributed by atoms with Crippen molar-refractivity contribution in [3.05, 3.63) is 77.4 Å². The molecule has 0 bridgehead atoms. The minimum atomic E-state index is -0.431. The number of carbonyl (C=O) groups excluding carboxylic acids is 2. The van der Waals surface area contributed by atoms with Crippen molar-refractivity contribution in [1.29, 1.82) is 0 Å². The van der Waals surface area contributed by atoms with Crippen LogP contribution in [0.3, 0.4) is 0 Å². The molecule has 2 aromatic carbocycles. The number of nitrogens with zero attached hydrogens (tertiary/aromatic N) is 3. The molecule has 0 spiro atoms. The second-order valence-electron chi connectivity index (χ2n) is 6.78. The van der Waals surface area contributed by atoms with Crippen molar-refractivity contribution in [2.75, 3.05) is 20.7 Å². The number of rotatable bonds is 9. The summed E-state index contributed by atoms with van der Waals surface area (Å²) in [5.74, 6) is 0.535. The van der Waals surface area contributed by atoms with E-state index >= 15 is 0 Å². The predicted octanol–water partition coefficient (Wildman–Crippen LogP) is 2.25. The molecule has 0 radical (unpaired) electrons. The SMILES string of the molecule is COc1cccc(CC(=O)N(C)CCc2noc(C(=O)NCc3ccccc3)n2)c1. The van der Waals surface area contributed by atoms with Gasteiger partial charge in [-0.05, 0) is 23.3 Å². The van der Waals surface area contributed by atoms with Crippen LogP contribution in [0.2, 0.25) is 0 Å². The van der Waals surface area contributed by atoms with Gasteiger partial charge in [-0.1, -0.05) is 47.6 Å². The molecular formula is C22H24N4O4. The summed E-state index contributed by atoms with van der Waals surface area (Å²) in [6.07, 6.45) is 0.656. The van der Waals surface area contributed by atoms with Crippen LogP contribution in [0.15, 0.2) is 59.1 Å². The molecule has 0 saturated carbocycles. The van der Waals surface area contributed by atoms with Gasteiger partial charge in [-0.15, -0.1) is 0 Å². The van der Waals surface area contributed by atoms with E-state index in [1.165, 1.54) is 0 Å². The number of ether oxygens (including phenoxy) is 1. The van der Waals surface area contributed by atoms with Gasteiger partial charge in [0.25, 0.3) is 0 Å². The van der Waals surface area contributed by atoms with E-state index in [4.69, 9.17) is 9.26 Å². The Labute approximate surface area is 174 Å². The van der Waals surface area contributed by atoms with Crippen LogP contribution in [0.25, 0.3) is 0 Å². The number of hydrogen-bond acceptors (Lipinski definition) is 6. The number of methoxy groups -OCH3 is 1. The van der Waals surface area contributed by atoms with E-state index in [0.717, 1.165) is 11.1 Å². The van der Waals surface area contributed by atoms with Crippen molar-refractivity contribution in [1.82, 2.24) is 20.4 Å². The highest BCUT2D eigenvalue weighted by Gasteiger charge is 2.16. The Balaban J connectivity index is 1.46. The van der Waals surface area contributed by atoms with Crippen molar-refractivity contribution < 1.29 is 18.8 Å². The number of likely N-dealkylation sites (N-methyl/N-ethyl adjacent to an activating group) is 1. The highest BCUT2D eigenvalue weighted by atomic mass is 16.5. The zero-order valence-electron chi connectivity index (χ0n) is 17.0. The summed E-state index contributed by atoms with van der Waals surface area (Å²) in [4.78, 5) is 30.3. The maximum atomic E-state index is 12.4. The highest BCUT2D eigenvalue weighted by Crippen LogP contribution is 2.13. The van der Waals surface area contributed by atoms with E-state index < -0.39 is 5.91 Å². The monoisotopic (exact) mass is 408 g/mol. The van der Waals surface area contributed by atoms with E-state index in [1.807, 2.05) is 54.6 Å². The molecular weight excluding hydrogens is 384 g/mol. The summed E-state index contributed by atoms with van der Waals surface area (Å²) in [7, 11) is 3.31. The highest BCUT2D eigenvalue weighted by molar-refractivity contribution is 5.89. The molecule has 1 aromatic heterocycles. The Morgan fingerprint density at radius 3 is 2.63 bits per heavy atom. The Hall–Kier alpha value is -3.68. The lowest BCUT2D eigenvalue weighted by Gasteiger charge is -2.16. The molecule has 1 N–H and O–H groups in total. The third-order valence-electron chi connectivity index (χ3n) is 4.54. The lowest BCUT2D eigenvalue weighted by atomic mass is 10.1. The second kappa shape index (κ2) is 10.2. The van der Waals surface area contributed by atoms with Crippen LogP contribution in [0.4, 0.5) is 0 Å². The molecule has 2 amide bonds. The zero-order valence-corrected chi connectivity index (χ0v) is 17.0. The summed E-state index contributed by atoms with van der Waals surface area (Å²) in [6.45, 7) is 0.784. The van der Waals surface area contributed by atoms with Gasteiger partial charge in [0.05, 0.1) is 13.5 Å². The van der Waals surface area contributed by atoms with Crippen molar-refractivity contribution in [2.45, 2.75) is 19.4 Å². The van der Waals surface area contributed by atoms with Crippen LogP contribution in [-0.4, -0.2) is 47.6 Å². The number of aromatic nitrogens is 2. The molecule has 0 aliphatic rings. The number of nitrogens with one attached hydrogen (secondary N) is 1. The summed E-state index contributed by atoms with van der Waals surface area (Å²) < 4.78 is 10.2. The summed E-state index contributed by atoms with van der Waals surface area (Å²) in [6, 6.07) is 17.0. The third kappa shape index (κ3) is 5.91. The Morgan fingerprint density at radius 2 is 1.87 bits per heavy atom. The second-order valence-corrected chi connectivity index (χ2v) is 6.78. The van der Waals surface area contributed by atoms with Gasteiger partial charge in [-0.3, -0.25) is 9.59 Å². The average Bonchev–Trinajstić information content (AvgIpc) is 3.26. The van der Waals surface area contributed by atoms with Gasteiger partial charge in [0.1, 0.15) is 5.75 Å². The van der Waals surface area contributed by atoms with Crippen LogP contribution < -0.4 is 10.1 Å². The molecule has 30 heavy (non-hydrogen) atoms. The molecule has 156 valence electrons. The fourth-order valence-corrected chi connectivity index (χ4v) is 2.79. The van der Waals surface area contributed by atoms with Crippen LogP contribution in [0, 0.1) is 0 Å². The Bertz CT molecular complexity index is 988. The Kier molecular flexibility index (Phi) is 7.15. The standard InChI is InChI=1S/C22H24N4O4/c1-26(20(27)14-17-9-6-10-18(13-17)29-2)12-11-19-24-22(30-25-19)21(28)23-15-16-7-4-3-5-8-16/h3-10,13H,11-12,14-15H2,1-2H3,(H,23,28). The van der Waals surface area contributed by atoms with Gasteiger partial charge in [-0.25, -0.2) is 0 Å². The quantitative estimate of drug-likeness (QED) is 0.583. The first-order chi connectivity index (χ1) is 14.5. The van der Waals surface area contributed by atoms with Crippen LogP contribution in [0.5, 0.6) is 5.75 Å². The molecule has 0 fully saturated rings. The first-order valence-electron chi connectivity index (χ1n) is 9.57. The molecule has 0 atom stereocenters. The maximum Gasteiger partial charge on any atom is 0.315 e. The topological polar surface area (TPSA) is 97.6 Å². The van der Waals surface area contributed by atoms with Crippen molar-refractivity contribution in [2.24, 2.45) is 0 Å². The summed E-state index contributed by atoms with van der Waals surface area (Å²) in [5.41, 5.74) is 1.85. The summed E-state index contributed by atoms with van der Waals surface area (Å²) >= 11 is 0. The normalized spacial score (nSPS) is 10.5. The van der Waals surface area contributed by atoms with E-state index in [1.54, 1.807) is 19.1 Å². The third-order valence-corrected chi connectivity index (χ3v) is 4.54. The number of amides is 2. The van der Waals surface area contributed by atoms with Gasteiger partial charge in [0.2, 0.25) is 5.91 Å². The fourth-order valence-electron chi connectivity index (χ4n) is 2.79. The molecule has 1 heterocycles. The molecule has 0 unspecified atom stereocenters. The molecule has 8 nitrogen and oxygen atoms in total. The maximum absolute atomic E-state index is 12.4. The van der Waals surface area contributed by atoms with Crippen LogP contribution in [-0.2, 0) is 24.2 Å². The van der Waals surface area contributed by atoms with Crippen LogP contribution >= 0.6 is 0 Å². The largest absolute Gasteiger partial charge is 0.497 e. The van der Waals surface area contributed by atoms with Gasteiger partial charge >= 0.3 is 11.8 Å². The van der Waals surface area contributed by atoms with Crippen molar-refractivity contribution in [3.63, 3.8) is 0 Å². The smallest absolute Gasteiger partial charge is 0.315 e. The lowest BCUT2D eigenvalue weighted by molar-refractivity contribution is -0.129. The van der Waals surface area contributed by atoms with Crippen molar-refractivity contribution in [3.8, 4) is 5.75 Å². The van der Waals surface area contributed by atoms with Crippen molar-refractivity contribution >= 4 is 11.8 Å². The number of hydrogen-bond donors (Lipinski definition) is 1. The van der Waals surface area contributed by atoms with E-state index in [0.29, 0.717) is 31.1 Å².